The van der Waals surface area contributed by atoms with Gasteiger partial charge in [0, 0.05) is 6.54 Å². The van der Waals surface area contributed by atoms with Crippen LogP contribution in [0.5, 0.6) is 0 Å². The topological polar surface area (TPSA) is 92.3 Å². The fourth-order valence-corrected chi connectivity index (χ4v) is 4.42. The maximum atomic E-state index is 12.4. The smallest absolute Gasteiger partial charge is 0.218 e. The number of aryl methyl sites for hydroxylation is 2. The van der Waals surface area contributed by atoms with Crippen LogP contribution in [0.15, 0.2) is 47.4 Å². The van der Waals surface area contributed by atoms with Crippen molar-refractivity contribution < 1.29 is 16.8 Å². The van der Waals surface area contributed by atoms with Gasteiger partial charge in [-0.05, 0) is 43.7 Å². The number of hydrogen-bond acceptors (Lipinski definition) is 4. The van der Waals surface area contributed by atoms with Gasteiger partial charge >= 0.3 is 0 Å². The van der Waals surface area contributed by atoms with Gasteiger partial charge in [0.2, 0.25) is 20.0 Å². The van der Waals surface area contributed by atoms with Crippen molar-refractivity contribution in [3.8, 4) is 0 Å². The zero-order valence-corrected chi connectivity index (χ0v) is 16.0. The third kappa shape index (κ3) is 5.37. The molecule has 0 fully saturated rings. The largest absolute Gasteiger partial charge is 0.241 e. The van der Waals surface area contributed by atoms with E-state index in [2.05, 4.69) is 9.44 Å². The fourth-order valence-electron chi connectivity index (χ4n) is 2.40. The van der Waals surface area contributed by atoms with Crippen LogP contribution < -0.4 is 9.44 Å². The Balaban J connectivity index is 2.08. The normalized spacial score (nSPS) is 12.3. The second-order valence-corrected chi connectivity index (χ2v) is 9.54. The van der Waals surface area contributed by atoms with Gasteiger partial charge in [-0.3, -0.25) is 0 Å². The lowest BCUT2D eigenvalue weighted by Gasteiger charge is -2.10. The van der Waals surface area contributed by atoms with Gasteiger partial charge in [0.25, 0.3) is 0 Å². The van der Waals surface area contributed by atoms with E-state index in [-0.39, 0.29) is 17.2 Å². The summed E-state index contributed by atoms with van der Waals surface area (Å²) in [5, 5.41) is 0. The summed E-state index contributed by atoms with van der Waals surface area (Å²) >= 11 is 0. The van der Waals surface area contributed by atoms with Crippen LogP contribution in [0.2, 0.25) is 0 Å². The van der Waals surface area contributed by atoms with Crippen LogP contribution in [0.25, 0.3) is 0 Å². The molecule has 8 heteroatoms. The highest BCUT2D eigenvalue weighted by molar-refractivity contribution is 7.89. The van der Waals surface area contributed by atoms with Crippen molar-refractivity contribution in [2.75, 3.05) is 7.05 Å². The Kier molecular flexibility index (Phi) is 5.99. The van der Waals surface area contributed by atoms with Crippen LogP contribution in [0.4, 0.5) is 0 Å². The summed E-state index contributed by atoms with van der Waals surface area (Å²) in [6.07, 6.45) is 0. The Labute approximate surface area is 149 Å². The molecule has 0 saturated heterocycles. The van der Waals surface area contributed by atoms with Gasteiger partial charge in [0.15, 0.2) is 0 Å². The van der Waals surface area contributed by atoms with Gasteiger partial charge in [-0.25, -0.2) is 26.3 Å². The standard InChI is InChI=1S/C17H22N2O4S2/c1-13-4-9-17(14(2)10-13)25(22,23)19-11-15-5-7-16(8-6-15)12-24(20,21)18-3/h4-10,18-19H,11-12H2,1-3H3. The van der Waals surface area contributed by atoms with Gasteiger partial charge < -0.3 is 0 Å². The molecule has 0 aromatic heterocycles. The SMILES string of the molecule is CNS(=O)(=O)Cc1ccc(CNS(=O)(=O)c2ccc(C)cc2C)cc1. The molecule has 2 rings (SSSR count). The molecule has 25 heavy (non-hydrogen) atoms. The first-order valence-corrected chi connectivity index (χ1v) is 10.8. The van der Waals surface area contributed by atoms with Crippen molar-refractivity contribution in [1.82, 2.24) is 9.44 Å². The van der Waals surface area contributed by atoms with Crippen molar-refractivity contribution in [3.63, 3.8) is 0 Å². The van der Waals surface area contributed by atoms with E-state index in [1.165, 1.54) is 7.05 Å². The molecule has 136 valence electrons. The summed E-state index contributed by atoms with van der Waals surface area (Å²) < 4.78 is 52.7. The lowest BCUT2D eigenvalue weighted by molar-refractivity contribution is 0.580. The van der Waals surface area contributed by atoms with Gasteiger partial charge in [-0.2, -0.15) is 0 Å². The average molecular weight is 383 g/mol. The molecule has 2 aromatic carbocycles. The van der Waals surface area contributed by atoms with Crippen LogP contribution in [-0.2, 0) is 32.3 Å². The first-order valence-electron chi connectivity index (χ1n) is 7.69. The van der Waals surface area contributed by atoms with E-state index in [9.17, 15) is 16.8 Å². The Bertz CT molecular complexity index is 951. The number of hydrogen-bond donors (Lipinski definition) is 2. The monoisotopic (exact) mass is 382 g/mol. The molecular formula is C17H22N2O4S2. The maximum absolute atomic E-state index is 12.4. The molecule has 0 aliphatic heterocycles. The molecule has 0 amide bonds. The third-order valence-corrected chi connectivity index (χ3v) is 6.67. The predicted octanol–water partition coefficient (Wildman–Crippen LogP) is 1.83. The predicted molar refractivity (Wildman–Crippen MR) is 98.1 cm³/mol. The van der Waals surface area contributed by atoms with Crippen molar-refractivity contribution in [3.05, 3.63) is 64.7 Å². The number of nitrogens with one attached hydrogen (secondary N) is 2. The minimum atomic E-state index is -3.60. The second kappa shape index (κ2) is 7.65. The van der Waals surface area contributed by atoms with Crippen molar-refractivity contribution in [2.24, 2.45) is 0 Å². The number of rotatable bonds is 7. The Morgan fingerprint density at radius 1 is 0.880 bits per heavy atom. The third-order valence-electron chi connectivity index (χ3n) is 3.78. The molecule has 0 atom stereocenters. The first-order chi connectivity index (χ1) is 11.6. The molecule has 6 nitrogen and oxygen atoms in total. The van der Waals surface area contributed by atoms with E-state index in [1.54, 1.807) is 43.3 Å². The summed E-state index contributed by atoms with van der Waals surface area (Å²) in [5.41, 5.74) is 3.08. The second-order valence-electron chi connectivity index (χ2n) is 5.87. The Hall–Kier alpha value is -1.74. The van der Waals surface area contributed by atoms with E-state index < -0.39 is 20.0 Å². The molecule has 0 bridgehead atoms. The van der Waals surface area contributed by atoms with E-state index in [0.717, 1.165) is 11.1 Å². The number of benzene rings is 2. The zero-order chi connectivity index (χ0) is 18.7. The van der Waals surface area contributed by atoms with E-state index in [0.29, 0.717) is 11.1 Å². The molecular weight excluding hydrogens is 360 g/mol. The van der Waals surface area contributed by atoms with Crippen LogP contribution in [0, 0.1) is 13.8 Å². The minimum Gasteiger partial charge on any atom is -0.218 e. The first kappa shape index (κ1) is 19.6. The minimum absolute atomic E-state index is 0.113. The summed E-state index contributed by atoms with van der Waals surface area (Å²) in [5.74, 6) is -0.113. The van der Waals surface area contributed by atoms with E-state index in [4.69, 9.17) is 0 Å². The summed E-state index contributed by atoms with van der Waals surface area (Å²) in [4.78, 5) is 0.259. The summed E-state index contributed by atoms with van der Waals surface area (Å²) in [6.45, 7) is 3.81. The quantitative estimate of drug-likeness (QED) is 0.764. The molecule has 0 aliphatic rings. The molecule has 2 N–H and O–H groups in total. The Morgan fingerprint density at radius 2 is 1.48 bits per heavy atom. The highest BCUT2D eigenvalue weighted by atomic mass is 32.2. The van der Waals surface area contributed by atoms with Gasteiger partial charge in [0.05, 0.1) is 10.6 Å². The van der Waals surface area contributed by atoms with Crippen LogP contribution in [-0.4, -0.2) is 23.9 Å². The average Bonchev–Trinajstić information content (AvgIpc) is 2.53. The van der Waals surface area contributed by atoms with Gasteiger partial charge in [0.1, 0.15) is 0 Å². The summed E-state index contributed by atoms with van der Waals surface area (Å²) in [6, 6.07) is 12.0. The van der Waals surface area contributed by atoms with E-state index in [1.807, 2.05) is 13.0 Å². The molecule has 0 unspecified atom stereocenters. The zero-order valence-electron chi connectivity index (χ0n) is 14.4. The lowest BCUT2D eigenvalue weighted by atomic mass is 10.1. The van der Waals surface area contributed by atoms with Crippen molar-refractivity contribution in [1.29, 1.82) is 0 Å². The Morgan fingerprint density at radius 3 is 2.04 bits per heavy atom. The van der Waals surface area contributed by atoms with E-state index >= 15 is 0 Å². The molecule has 0 heterocycles. The van der Waals surface area contributed by atoms with Crippen molar-refractivity contribution in [2.45, 2.75) is 31.0 Å². The van der Waals surface area contributed by atoms with Gasteiger partial charge in [-0.1, -0.05) is 42.0 Å². The van der Waals surface area contributed by atoms with Crippen LogP contribution in [0.1, 0.15) is 22.3 Å². The molecule has 2 aromatic rings. The number of sulfonamides is 2. The molecule has 0 aliphatic carbocycles. The molecule has 0 saturated carbocycles. The molecule has 0 radical (unpaired) electrons. The van der Waals surface area contributed by atoms with Gasteiger partial charge in [-0.15, -0.1) is 0 Å². The van der Waals surface area contributed by atoms with Crippen LogP contribution >= 0.6 is 0 Å². The van der Waals surface area contributed by atoms with Crippen LogP contribution in [0.3, 0.4) is 0 Å². The maximum Gasteiger partial charge on any atom is 0.241 e. The summed E-state index contributed by atoms with van der Waals surface area (Å²) in [7, 11) is -5.56. The van der Waals surface area contributed by atoms with Crippen molar-refractivity contribution >= 4 is 20.0 Å². The highest BCUT2D eigenvalue weighted by Crippen LogP contribution is 2.17. The highest BCUT2D eigenvalue weighted by Gasteiger charge is 2.16. The lowest BCUT2D eigenvalue weighted by Crippen LogP contribution is -2.24. The fraction of sp³-hybridized carbons (Fsp3) is 0.294. The molecule has 0 spiro atoms.